The molecule has 8 heteroatoms. The molecule has 1 unspecified atom stereocenters. The first-order chi connectivity index (χ1) is 12.5. The van der Waals surface area contributed by atoms with Crippen molar-refractivity contribution < 1.29 is 19.4 Å². The molecule has 2 aliphatic heterocycles. The molecule has 7 nitrogen and oxygen atoms in total. The van der Waals surface area contributed by atoms with Crippen molar-refractivity contribution in [1.29, 1.82) is 0 Å². The minimum Gasteiger partial charge on any atom is -0.311 e. The molecule has 2 aromatic rings. The van der Waals surface area contributed by atoms with Gasteiger partial charge in [-0.25, -0.2) is 4.90 Å². The number of hydrogen-bond donors (Lipinski definition) is 1. The third-order valence-electron chi connectivity index (χ3n) is 5.26. The monoisotopic (exact) mass is 372 g/mol. The fourth-order valence-corrected chi connectivity index (χ4v) is 4.91. The van der Waals surface area contributed by atoms with Crippen LogP contribution in [0, 0.1) is 10.1 Å². The number of hydrogen-bond acceptors (Lipinski definition) is 5. The van der Waals surface area contributed by atoms with Crippen LogP contribution in [-0.2, 0) is 6.42 Å². The summed E-state index contributed by atoms with van der Waals surface area (Å²) in [7, 11) is 0. The molecule has 0 saturated heterocycles. The van der Waals surface area contributed by atoms with Gasteiger partial charge >= 0.3 is 0 Å². The molecule has 26 heavy (non-hydrogen) atoms. The molecule has 1 aromatic heterocycles. The van der Waals surface area contributed by atoms with Crippen molar-refractivity contribution in [3.05, 3.63) is 61.3 Å². The van der Waals surface area contributed by atoms with Crippen molar-refractivity contribution >= 4 is 28.8 Å². The lowest BCUT2D eigenvalue weighted by molar-refractivity contribution is -0.940. The van der Waals surface area contributed by atoms with Gasteiger partial charge in [0, 0.05) is 35.4 Å². The van der Waals surface area contributed by atoms with Gasteiger partial charge in [0.2, 0.25) is 0 Å². The van der Waals surface area contributed by atoms with Crippen LogP contribution in [0.5, 0.6) is 0 Å². The number of nitrogens with zero attached hydrogens (tertiary/aromatic N) is 2. The van der Waals surface area contributed by atoms with Crippen molar-refractivity contribution in [3.63, 3.8) is 0 Å². The third-order valence-corrected chi connectivity index (χ3v) is 6.25. The summed E-state index contributed by atoms with van der Waals surface area (Å²) in [5.74, 6) is -0.800. The van der Waals surface area contributed by atoms with E-state index in [4.69, 9.17) is 0 Å². The predicted molar refractivity (Wildman–Crippen MR) is 95.3 cm³/mol. The number of carbonyl (C=O) groups is 2. The first-order valence-corrected chi connectivity index (χ1v) is 9.44. The molecule has 1 aromatic carbocycles. The van der Waals surface area contributed by atoms with Crippen LogP contribution in [0.15, 0.2) is 29.6 Å². The van der Waals surface area contributed by atoms with E-state index in [2.05, 4.69) is 18.4 Å². The Morgan fingerprint density at radius 1 is 1.27 bits per heavy atom. The van der Waals surface area contributed by atoms with E-state index in [-0.39, 0.29) is 35.4 Å². The standard InChI is InChI=1S/C18H17N3O4S/c1-2-15-13-6-8-26-16(13)5-7-19(15)10-20-17(22)12-4-3-11(21(24)25)9-14(12)18(20)23/h3-4,6,8-9,15H,2,5,7,10H2,1H3/p+1/t15-/m0/s1. The summed E-state index contributed by atoms with van der Waals surface area (Å²) in [6.45, 7) is 3.26. The molecule has 4 rings (SSSR count). The number of thiophene rings is 1. The van der Waals surface area contributed by atoms with Gasteiger partial charge in [-0.1, -0.05) is 6.92 Å². The SMILES string of the molecule is CC[C@H]1c2ccsc2CC[NH+]1CN1C(=O)c2ccc([N+](=O)[O-])cc2C1=O. The van der Waals surface area contributed by atoms with E-state index < -0.39 is 10.8 Å². The van der Waals surface area contributed by atoms with Crippen LogP contribution in [0.3, 0.4) is 0 Å². The Labute approximate surface area is 154 Å². The maximum Gasteiger partial charge on any atom is 0.270 e. The number of nitro benzene ring substituents is 1. The van der Waals surface area contributed by atoms with Gasteiger partial charge in [-0.3, -0.25) is 19.7 Å². The number of amides is 2. The highest BCUT2D eigenvalue weighted by atomic mass is 32.1. The lowest BCUT2D eigenvalue weighted by Gasteiger charge is -2.34. The molecule has 0 saturated carbocycles. The van der Waals surface area contributed by atoms with Crippen LogP contribution in [0.4, 0.5) is 5.69 Å². The molecule has 3 heterocycles. The zero-order valence-corrected chi connectivity index (χ0v) is 15.0. The molecule has 2 aliphatic rings. The van der Waals surface area contributed by atoms with Gasteiger partial charge in [0.15, 0.2) is 6.67 Å². The second-order valence-electron chi connectivity index (χ2n) is 6.60. The second kappa shape index (κ2) is 6.30. The number of rotatable bonds is 4. The summed E-state index contributed by atoms with van der Waals surface area (Å²) in [6.07, 6.45) is 1.86. The molecular formula is C18H18N3O4S+. The molecule has 0 bridgehead atoms. The Hall–Kier alpha value is -2.58. The van der Waals surface area contributed by atoms with E-state index in [1.165, 1.54) is 38.4 Å². The van der Waals surface area contributed by atoms with Crippen molar-refractivity contribution in [3.8, 4) is 0 Å². The molecule has 1 N–H and O–H groups in total. The van der Waals surface area contributed by atoms with Gasteiger partial charge in [-0.2, -0.15) is 0 Å². The average Bonchev–Trinajstić information content (AvgIpc) is 3.20. The summed E-state index contributed by atoms with van der Waals surface area (Å²) in [6, 6.07) is 6.25. The number of non-ortho nitro benzene ring substituents is 1. The normalized spacial score (nSPS) is 21.7. The number of fused-ring (bicyclic) bond motifs is 2. The molecular weight excluding hydrogens is 354 g/mol. The highest BCUT2D eigenvalue weighted by Gasteiger charge is 2.41. The molecule has 0 fully saturated rings. The van der Waals surface area contributed by atoms with Crippen LogP contribution in [-0.4, -0.2) is 34.9 Å². The second-order valence-corrected chi connectivity index (χ2v) is 7.60. The number of nitro groups is 1. The van der Waals surface area contributed by atoms with Gasteiger partial charge in [-0.05, 0) is 17.5 Å². The number of imide groups is 1. The number of quaternary nitrogens is 1. The Morgan fingerprint density at radius 3 is 2.77 bits per heavy atom. The molecule has 134 valence electrons. The average molecular weight is 372 g/mol. The van der Waals surface area contributed by atoms with Crippen molar-refractivity contribution in [2.45, 2.75) is 25.8 Å². The summed E-state index contributed by atoms with van der Waals surface area (Å²) >= 11 is 1.76. The third kappa shape index (κ3) is 2.53. The first kappa shape index (κ1) is 16.9. The molecule has 2 amide bonds. The van der Waals surface area contributed by atoms with E-state index in [1.54, 1.807) is 11.3 Å². The smallest absolute Gasteiger partial charge is 0.270 e. The van der Waals surface area contributed by atoms with Gasteiger partial charge in [0.25, 0.3) is 17.5 Å². The lowest BCUT2D eigenvalue weighted by Crippen LogP contribution is -3.14. The number of carbonyl (C=O) groups excluding carboxylic acids is 2. The maximum absolute atomic E-state index is 12.7. The summed E-state index contributed by atoms with van der Waals surface area (Å²) in [4.78, 5) is 39.6. The topological polar surface area (TPSA) is 85.0 Å². The molecule has 2 atom stereocenters. The maximum atomic E-state index is 12.7. The van der Waals surface area contributed by atoms with Crippen molar-refractivity contribution in [2.24, 2.45) is 0 Å². The van der Waals surface area contributed by atoms with Gasteiger partial charge in [-0.15, -0.1) is 11.3 Å². The van der Waals surface area contributed by atoms with Crippen LogP contribution >= 0.6 is 11.3 Å². The van der Waals surface area contributed by atoms with E-state index >= 15 is 0 Å². The number of nitrogens with one attached hydrogen (secondary N) is 1. The predicted octanol–water partition coefficient (Wildman–Crippen LogP) is 1.80. The van der Waals surface area contributed by atoms with Gasteiger partial charge < -0.3 is 4.90 Å². The lowest BCUT2D eigenvalue weighted by atomic mass is 9.98. The fourth-order valence-electron chi connectivity index (χ4n) is 3.97. The zero-order chi connectivity index (χ0) is 18.4. The largest absolute Gasteiger partial charge is 0.311 e. The van der Waals surface area contributed by atoms with Crippen molar-refractivity contribution in [2.75, 3.05) is 13.2 Å². The van der Waals surface area contributed by atoms with Crippen molar-refractivity contribution in [1.82, 2.24) is 4.90 Å². The Morgan fingerprint density at radius 2 is 2.04 bits per heavy atom. The molecule has 0 aliphatic carbocycles. The quantitative estimate of drug-likeness (QED) is 0.504. The van der Waals surface area contributed by atoms with Crippen LogP contribution in [0.2, 0.25) is 0 Å². The summed E-state index contributed by atoms with van der Waals surface area (Å²) in [5, 5.41) is 13.0. The summed E-state index contributed by atoms with van der Waals surface area (Å²) in [5.41, 5.74) is 1.52. The highest BCUT2D eigenvalue weighted by molar-refractivity contribution is 7.10. The van der Waals surface area contributed by atoms with E-state index in [0.717, 1.165) is 19.4 Å². The van der Waals surface area contributed by atoms with Gasteiger partial charge in [0.05, 0.1) is 22.6 Å². The van der Waals surface area contributed by atoms with E-state index in [9.17, 15) is 19.7 Å². The number of benzene rings is 1. The van der Waals surface area contributed by atoms with E-state index in [1.807, 2.05) is 0 Å². The van der Waals surface area contributed by atoms with Crippen LogP contribution < -0.4 is 4.90 Å². The van der Waals surface area contributed by atoms with Crippen LogP contribution in [0.1, 0.15) is 50.5 Å². The summed E-state index contributed by atoms with van der Waals surface area (Å²) < 4.78 is 0. The highest BCUT2D eigenvalue weighted by Crippen LogP contribution is 2.29. The first-order valence-electron chi connectivity index (χ1n) is 8.56. The fraction of sp³-hybridized carbons (Fsp3) is 0.333. The van der Waals surface area contributed by atoms with Gasteiger partial charge in [0.1, 0.15) is 6.04 Å². The molecule has 0 radical (unpaired) electrons. The zero-order valence-electron chi connectivity index (χ0n) is 14.2. The minimum absolute atomic E-state index is 0.130. The molecule has 0 spiro atoms. The Bertz CT molecular complexity index is 923. The van der Waals surface area contributed by atoms with E-state index in [0.29, 0.717) is 0 Å². The Kier molecular flexibility index (Phi) is 4.08. The minimum atomic E-state index is -0.554. The Balaban J connectivity index is 1.60. The van der Waals surface area contributed by atoms with Crippen LogP contribution in [0.25, 0.3) is 0 Å².